The summed E-state index contributed by atoms with van der Waals surface area (Å²) in [5.41, 5.74) is 7.75. The Bertz CT molecular complexity index is 934. The van der Waals surface area contributed by atoms with E-state index in [0.717, 1.165) is 15.6 Å². The molecule has 1 aliphatic rings. The number of rotatable bonds is 4. The highest BCUT2D eigenvalue weighted by Gasteiger charge is 2.32. The van der Waals surface area contributed by atoms with E-state index in [2.05, 4.69) is 22.0 Å². The first-order valence-electron chi connectivity index (χ1n) is 7.90. The van der Waals surface area contributed by atoms with Gasteiger partial charge in [0, 0.05) is 16.1 Å². The summed E-state index contributed by atoms with van der Waals surface area (Å²) in [6, 6.07) is 10.5. The van der Waals surface area contributed by atoms with Crippen molar-refractivity contribution in [1.82, 2.24) is 0 Å². The van der Waals surface area contributed by atoms with Gasteiger partial charge in [0.25, 0.3) is 0 Å². The van der Waals surface area contributed by atoms with Gasteiger partial charge in [0.05, 0.1) is 19.6 Å². The molecule has 0 aliphatic carbocycles. The number of halogens is 1. The molecule has 0 saturated carbocycles. The number of phenolic OH excluding ortho intramolecular Hbond substituents is 1. The number of allylic oxidation sites excluding steroid dienone is 1. The van der Waals surface area contributed by atoms with Crippen LogP contribution in [0.5, 0.6) is 23.0 Å². The van der Waals surface area contributed by atoms with Crippen molar-refractivity contribution in [1.29, 1.82) is 5.26 Å². The summed E-state index contributed by atoms with van der Waals surface area (Å²) >= 11 is 3.56. The number of methoxy groups -OCH3 is 1. The second-order valence-electron chi connectivity index (χ2n) is 5.60. The zero-order valence-corrected chi connectivity index (χ0v) is 15.8. The molecule has 2 aromatic carbocycles. The lowest BCUT2D eigenvalue weighted by Crippen LogP contribution is -2.21. The van der Waals surface area contributed by atoms with E-state index in [1.54, 1.807) is 25.3 Å². The van der Waals surface area contributed by atoms with Gasteiger partial charge in [-0.1, -0.05) is 22.0 Å². The average Bonchev–Trinajstić information content (AvgIpc) is 2.61. The van der Waals surface area contributed by atoms with Crippen LogP contribution < -0.4 is 19.9 Å². The molecular formula is C19H17BrN2O4. The minimum absolute atomic E-state index is 0.00958. The number of aromatic hydroxyl groups is 1. The fraction of sp³-hybridized carbons (Fsp3) is 0.211. The lowest BCUT2D eigenvalue weighted by molar-refractivity contribution is 0.310. The van der Waals surface area contributed by atoms with Gasteiger partial charge in [-0.25, -0.2) is 0 Å². The molecule has 0 amide bonds. The summed E-state index contributed by atoms with van der Waals surface area (Å²) < 4.78 is 17.3. The molecule has 0 bridgehead atoms. The number of nitrogens with zero attached hydrogens (tertiary/aromatic N) is 1. The second-order valence-corrected chi connectivity index (χ2v) is 6.46. The van der Waals surface area contributed by atoms with Gasteiger partial charge < -0.3 is 25.1 Å². The van der Waals surface area contributed by atoms with Crippen LogP contribution >= 0.6 is 15.9 Å². The van der Waals surface area contributed by atoms with E-state index in [1.165, 1.54) is 6.07 Å². The van der Waals surface area contributed by atoms with Crippen molar-refractivity contribution in [2.45, 2.75) is 12.8 Å². The van der Waals surface area contributed by atoms with E-state index in [-0.39, 0.29) is 17.2 Å². The van der Waals surface area contributed by atoms with Crippen LogP contribution in [0.25, 0.3) is 0 Å². The average molecular weight is 417 g/mol. The number of benzene rings is 2. The molecule has 2 aromatic rings. The molecule has 26 heavy (non-hydrogen) atoms. The quantitative estimate of drug-likeness (QED) is 0.786. The van der Waals surface area contributed by atoms with Gasteiger partial charge in [-0.15, -0.1) is 0 Å². The Morgan fingerprint density at radius 1 is 1.27 bits per heavy atom. The van der Waals surface area contributed by atoms with Crippen LogP contribution in [-0.2, 0) is 0 Å². The number of hydrogen-bond acceptors (Lipinski definition) is 6. The Hall–Kier alpha value is -2.85. The summed E-state index contributed by atoms with van der Waals surface area (Å²) in [6.07, 6.45) is 0. The number of fused-ring (bicyclic) bond motifs is 1. The first kappa shape index (κ1) is 18.0. The molecule has 0 spiro atoms. The lowest BCUT2D eigenvalue weighted by atomic mass is 9.83. The number of hydrogen-bond donors (Lipinski definition) is 2. The van der Waals surface area contributed by atoms with Crippen molar-refractivity contribution in [3.05, 3.63) is 57.4 Å². The van der Waals surface area contributed by atoms with Crippen molar-refractivity contribution in [2.24, 2.45) is 5.73 Å². The molecule has 0 aromatic heterocycles. The Morgan fingerprint density at radius 2 is 2.04 bits per heavy atom. The molecule has 0 radical (unpaired) electrons. The maximum absolute atomic E-state index is 9.74. The van der Waals surface area contributed by atoms with Crippen LogP contribution in [0, 0.1) is 11.3 Å². The van der Waals surface area contributed by atoms with E-state index >= 15 is 0 Å². The zero-order valence-electron chi connectivity index (χ0n) is 14.2. The van der Waals surface area contributed by atoms with E-state index in [1.807, 2.05) is 13.0 Å². The number of nitrogens with two attached hydrogens (primary N) is 1. The second kappa shape index (κ2) is 7.18. The molecule has 0 saturated heterocycles. The first-order valence-corrected chi connectivity index (χ1v) is 8.70. The van der Waals surface area contributed by atoms with Crippen molar-refractivity contribution in [2.75, 3.05) is 13.7 Å². The zero-order chi connectivity index (χ0) is 18.8. The fourth-order valence-electron chi connectivity index (χ4n) is 2.96. The molecule has 1 atom stereocenters. The van der Waals surface area contributed by atoms with E-state index in [0.29, 0.717) is 23.9 Å². The van der Waals surface area contributed by atoms with Gasteiger partial charge in [-0.05, 0) is 30.7 Å². The first-order chi connectivity index (χ1) is 12.5. The summed E-state index contributed by atoms with van der Waals surface area (Å²) in [4.78, 5) is 0. The third-order valence-corrected chi connectivity index (χ3v) is 4.78. The predicted molar refractivity (Wildman–Crippen MR) is 99.3 cm³/mol. The van der Waals surface area contributed by atoms with Crippen molar-refractivity contribution in [3.63, 3.8) is 0 Å². The number of nitriles is 1. The fourth-order valence-corrected chi connectivity index (χ4v) is 3.52. The highest BCUT2D eigenvalue weighted by atomic mass is 79.9. The van der Waals surface area contributed by atoms with Gasteiger partial charge in [-0.2, -0.15) is 5.26 Å². The minimum Gasteiger partial charge on any atom is -0.508 e. The molecule has 1 heterocycles. The van der Waals surface area contributed by atoms with Crippen molar-refractivity contribution >= 4 is 15.9 Å². The largest absolute Gasteiger partial charge is 0.508 e. The highest BCUT2D eigenvalue weighted by Crippen LogP contribution is 2.47. The number of phenols is 1. The van der Waals surface area contributed by atoms with Crippen LogP contribution in [-0.4, -0.2) is 18.8 Å². The monoisotopic (exact) mass is 416 g/mol. The molecule has 0 fully saturated rings. The minimum atomic E-state index is -0.469. The highest BCUT2D eigenvalue weighted by molar-refractivity contribution is 9.10. The van der Waals surface area contributed by atoms with E-state index in [4.69, 9.17) is 19.9 Å². The van der Waals surface area contributed by atoms with Crippen LogP contribution in [0.1, 0.15) is 24.0 Å². The van der Waals surface area contributed by atoms with Crippen LogP contribution in [0.2, 0.25) is 0 Å². The molecule has 1 aliphatic heterocycles. The Balaban J connectivity index is 2.23. The normalized spacial score (nSPS) is 15.7. The van der Waals surface area contributed by atoms with Crippen LogP contribution in [0.3, 0.4) is 0 Å². The van der Waals surface area contributed by atoms with Gasteiger partial charge >= 0.3 is 0 Å². The van der Waals surface area contributed by atoms with Crippen molar-refractivity contribution < 1.29 is 19.3 Å². The Morgan fingerprint density at radius 3 is 2.69 bits per heavy atom. The summed E-state index contributed by atoms with van der Waals surface area (Å²) in [7, 11) is 1.56. The SMILES string of the molecule is CCOc1cc(Br)c([C@@H]2C(C#N)=C(N)Oc3cc(O)ccc32)cc1OC. The topological polar surface area (TPSA) is 97.7 Å². The maximum Gasteiger partial charge on any atom is 0.205 e. The molecule has 0 unspecified atom stereocenters. The Kier molecular flexibility index (Phi) is 4.96. The number of ether oxygens (including phenoxy) is 3. The molecule has 6 nitrogen and oxygen atoms in total. The maximum atomic E-state index is 9.74. The van der Waals surface area contributed by atoms with Gasteiger partial charge in [-0.3, -0.25) is 0 Å². The third-order valence-electron chi connectivity index (χ3n) is 4.10. The molecule has 3 N–H and O–H groups in total. The predicted octanol–water partition coefficient (Wildman–Crippen LogP) is 3.78. The smallest absolute Gasteiger partial charge is 0.205 e. The summed E-state index contributed by atoms with van der Waals surface area (Å²) in [5, 5.41) is 19.4. The molecule has 7 heteroatoms. The molecule has 134 valence electrons. The molecular weight excluding hydrogens is 400 g/mol. The standard InChI is InChI=1S/C19H17BrN2O4/c1-3-25-17-8-14(20)12(7-16(17)24-2)18-11-5-4-10(23)6-15(11)26-19(22)13(18)9-21/h4-8,18,23H,3,22H2,1-2H3/t18-/m1/s1. The van der Waals surface area contributed by atoms with E-state index in [9.17, 15) is 10.4 Å². The van der Waals surface area contributed by atoms with E-state index < -0.39 is 5.92 Å². The summed E-state index contributed by atoms with van der Waals surface area (Å²) in [6.45, 7) is 2.39. The van der Waals surface area contributed by atoms with Crippen LogP contribution in [0.15, 0.2) is 46.3 Å². The third kappa shape index (κ3) is 3.04. The van der Waals surface area contributed by atoms with Crippen molar-refractivity contribution in [3.8, 4) is 29.1 Å². The summed E-state index contributed by atoms with van der Waals surface area (Å²) in [5.74, 6) is 1.15. The lowest BCUT2D eigenvalue weighted by Gasteiger charge is -2.27. The van der Waals surface area contributed by atoms with Crippen LogP contribution in [0.4, 0.5) is 0 Å². The Labute approximate surface area is 159 Å². The van der Waals surface area contributed by atoms with Gasteiger partial charge in [0.2, 0.25) is 5.88 Å². The molecule has 3 rings (SSSR count). The van der Waals surface area contributed by atoms with Gasteiger partial charge in [0.1, 0.15) is 23.1 Å². The van der Waals surface area contributed by atoms with Gasteiger partial charge in [0.15, 0.2) is 11.5 Å².